The van der Waals surface area contributed by atoms with Gasteiger partial charge in [-0.3, -0.25) is 4.90 Å². The summed E-state index contributed by atoms with van der Waals surface area (Å²) in [7, 11) is 1.75. The van der Waals surface area contributed by atoms with Gasteiger partial charge < -0.3 is 10.5 Å². The minimum absolute atomic E-state index is 0.0843. The third-order valence-electron chi connectivity index (χ3n) is 3.67. The standard InChI is InChI=1S/C15H23ClN2O/c1-19-11-10-18(14-6-7-14)9-8-15(17)12-2-4-13(16)5-3-12/h2-5,14-15H,6-11,17H2,1H3. The summed E-state index contributed by atoms with van der Waals surface area (Å²) in [4.78, 5) is 2.50. The molecule has 0 spiro atoms. The van der Waals surface area contributed by atoms with Gasteiger partial charge in [0.15, 0.2) is 0 Å². The Labute approximate surface area is 120 Å². The zero-order valence-corrected chi connectivity index (χ0v) is 12.3. The summed E-state index contributed by atoms with van der Waals surface area (Å²) in [6, 6.07) is 8.68. The van der Waals surface area contributed by atoms with E-state index in [1.807, 2.05) is 24.3 Å². The predicted molar refractivity (Wildman–Crippen MR) is 79.5 cm³/mol. The van der Waals surface area contributed by atoms with E-state index in [1.54, 1.807) is 7.11 Å². The maximum absolute atomic E-state index is 6.24. The Hall–Kier alpha value is -0.610. The summed E-state index contributed by atoms with van der Waals surface area (Å²) in [5.74, 6) is 0. The Morgan fingerprint density at radius 1 is 1.32 bits per heavy atom. The Morgan fingerprint density at radius 2 is 2.00 bits per heavy atom. The van der Waals surface area contributed by atoms with E-state index in [9.17, 15) is 0 Å². The van der Waals surface area contributed by atoms with Crippen LogP contribution in [-0.2, 0) is 4.74 Å². The largest absolute Gasteiger partial charge is 0.383 e. The van der Waals surface area contributed by atoms with Gasteiger partial charge in [0, 0.05) is 37.3 Å². The fourth-order valence-corrected chi connectivity index (χ4v) is 2.43. The van der Waals surface area contributed by atoms with Gasteiger partial charge in [0.1, 0.15) is 0 Å². The second-order valence-corrected chi connectivity index (χ2v) is 5.64. The summed E-state index contributed by atoms with van der Waals surface area (Å²) in [6.45, 7) is 2.85. The lowest BCUT2D eigenvalue weighted by atomic mass is 10.0. The molecular formula is C15H23ClN2O. The monoisotopic (exact) mass is 282 g/mol. The molecule has 2 rings (SSSR count). The molecule has 0 saturated heterocycles. The van der Waals surface area contributed by atoms with Crippen molar-refractivity contribution in [2.24, 2.45) is 5.73 Å². The molecule has 19 heavy (non-hydrogen) atoms. The van der Waals surface area contributed by atoms with Crippen LogP contribution in [0.3, 0.4) is 0 Å². The van der Waals surface area contributed by atoms with Gasteiger partial charge in [0.05, 0.1) is 6.61 Å². The van der Waals surface area contributed by atoms with Crippen LogP contribution in [-0.4, -0.2) is 37.7 Å². The Balaban J connectivity index is 1.80. The molecule has 1 atom stereocenters. The molecule has 106 valence electrons. The Bertz CT molecular complexity index is 378. The minimum atomic E-state index is 0.0843. The second-order valence-electron chi connectivity index (χ2n) is 5.21. The molecule has 2 N–H and O–H groups in total. The second kappa shape index (κ2) is 7.25. The molecule has 0 aliphatic heterocycles. The van der Waals surface area contributed by atoms with E-state index in [-0.39, 0.29) is 6.04 Å². The first-order chi connectivity index (χ1) is 9.20. The van der Waals surface area contributed by atoms with E-state index in [0.717, 1.165) is 42.7 Å². The SMILES string of the molecule is COCCN(CCC(N)c1ccc(Cl)cc1)C1CC1. The van der Waals surface area contributed by atoms with Crippen molar-refractivity contribution in [1.29, 1.82) is 0 Å². The molecule has 1 aromatic carbocycles. The number of ether oxygens (including phenoxy) is 1. The van der Waals surface area contributed by atoms with Crippen molar-refractivity contribution in [3.05, 3.63) is 34.9 Å². The van der Waals surface area contributed by atoms with Crippen molar-refractivity contribution in [3.8, 4) is 0 Å². The highest BCUT2D eigenvalue weighted by atomic mass is 35.5. The average Bonchev–Trinajstić information content (AvgIpc) is 3.24. The number of hydrogen-bond donors (Lipinski definition) is 1. The van der Waals surface area contributed by atoms with Crippen LogP contribution in [0.4, 0.5) is 0 Å². The Morgan fingerprint density at radius 3 is 2.58 bits per heavy atom. The van der Waals surface area contributed by atoms with Gasteiger partial charge >= 0.3 is 0 Å². The number of nitrogens with zero attached hydrogens (tertiary/aromatic N) is 1. The lowest BCUT2D eigenvalue weighted by Gasteiger charge is -2.23. The van der Waals surface area contributed by atoms with E-state index in [2.05, 4.69) is 4.90 Å². The van der Waals surface area contributed by atoms with Crippen LogP contribution in [0.1, 0.15) is 30.9 Å². The first-order valence-electron chi connectivity index (χ1n) is 6.94. The molecule has 1 saturated carbocycles. The minimum Gasteiger partial charge on any atom is -0.383 e. The van der Waals surface area contributed by atoms with Crippen molar-refractivity contribution >= 4 is 11.6 Å². The number of hydrogen-bond acceptors (Lipinski definition) is 3. The van der Waals surface area contributed by atoms with Crippen molar-refractivity contribution in [3.63, 3.8) is 0 Å². The van der Waals surface area contributed by atoms with Crippen molar-refractivity contribution in [2.75, 3.05) is 26.8 Å². The van der Waals surface area contributed by atoms with Crippen molar-refractivity contribution in [2.45, 2.75) is 31.3 Å². The molecular weight excluding hydrogens is 260 g/mol. The predicted octanol–water partition coefficient (Wildman–Crippen LogP) is 2.84. The summed E-state index contributed by atoms with van der Waals surface area (Å²) >= 11 is 5.89. The summed E-state index contributed by atoms with van der Waals surface area (Å²) in [5, 5.41) is 0.760. The normalized spacial score (nSPS) is 16.8. The van der Waals surface area contributed by atoms with E-state index in [0.29, 0.717) is 0 Å². The third kappa shape index (κ3) is 4.77. The first kappa shape index (κ1) is 14.8. The lowest BCUT2D eigenvalue weighted by Crippen LogP contribution is -2.32. The quantitative estimate of drug-likeness (QED) is 0.797. The maximum Gasteiger partial charge on any atom is 0.0589 e. The van der Waals surface area contributed by atoms with Gasteiger partial charge in [0.25, 0.3) is 0 Å². The van der Waals surface area contributed by atoms with Crippen LogP contribution in [0.5, 0.6) is 0 Å². The molecule has 1 aliphatic rings. The zero-order valence-electron chi connectivity index (χ0n) is 11.5. The van der Waals surface area contributed by atoms with Crippen LogP contribution in [0.25, 0.3) is 0 Å². The number of rotatable bonds is 8. The molecule has 1 fully saturated rings. The fourth-order valence-electron chi connectivity index (χ4n) is 2.31. The number of benzene rings is 1. The van der Waals surface area contributed by atoms with Crippen molar-refractivity contribution in [1.82, 2.24) is 4.90 Å². The van der Waals surface area contributed by atoms with E-state index >= 15 is 0 Å². The highest BCUT2D eigenvalue weighted by Crippen LogP contribution is 2.27. The van der Waals surface area contributed by atoms with E-state index < -0.39 is 0 Å². The molecule has 1 aromatic rings. The zero-order chi connectivity index (χ0) is 13.7. The summed E-state index contributed by atoms with van der Waals surface area (Å²) in [6.07, 6.45) is 3.61. The van der Waals surface area contributed by atoms with E-state index in [4.69, 9.17) is 22.1 Å². The molecule has 0 heterocycles. The first-order valence-corrected chi connectivity index (χ1v) is 7.32. The Kier molecular flexibility index (Phi) is 5.64. The molecule has 3 nitrogen and oxygen atoms in total. The van der Waals surface area contributed by atoms with Gasteiger partial charge in [-0.1, -0.05) is 23.7 Å². The summed E-state index contributed by atoms with van der Waals surface area (Å²) in [5.41, 5.74) is 7.40. The molecule has 0 aromatic heterocycles. The number of halogens is 1. The molecule has 0 bridgehead atoms. The van der Waals surface area contributed by atoms with Gasteiger partial charge in [-0.15, -0.1) is 0 Å². The fraction of sp³-hybridized carbons (Fsp3) is 0.600. The van der Waals surface area contributed by atoms with Crippen molar-refractivity contribution < 1.29 is 4.74 Å². The highest BCUT2D eigenvalue weighted by molar-refractivity contribution is 6.30. The van der Waals surface area contributed by atoms with Gasteiger partial charge in [-0.25, -0.2) is 0 Å². The van der Waals surface area contributed by atoms with Gasteiger partial charge in [-0.2, -0.15) is 0 Å². The smallest absolute Gasteiger partial charge is 0.0589 e. The number of methoxy groups -OCH3 is 1. The molecule has 4 heteroatoms. The topological polar surface area (TPSA) is 38.5 Å². The van der Waals surface area contributed by atoms with Gasteiger partial charge in [-0.05, 0) is 37.0 Å². The lowest BCUT2D eigenvalue weighted by molar-refractivity contribution is 0.141. The van der Waals surface area contributed by atoms with Crippen LogP contribution in [0.2, 0.25) is 5.02 Å². The van der Waals surface area contributed by atoms with E-state index in [1.165, 1.54) is 12.8 Å². The maximum atomic E-state index is 6.24. The van der Waals surface area contributed by atoms with Crippen LogP contribution in [0, 0.1) is 0 Å². The third-order valence-corrected chi connectivity index (χ3v) is 3.92. The molecule has 1 unspecified atom stereocenters. The number of nitrogens with two attached hydrogens (primary N) is 1. The van der Waals surface area contributed by atoms with Gasteiger partial charge in [0.2, 0.25) is 0 Å². The molecule has 0 amide bonds. The average molecular weight is 283 g/mol. The molecule has 1 aliphatic carbocycles. The highest BCUT2D eigenvalue weighted by Gasteiger charge is 2.28. The van der Waals surface area contributed by atoms with Crippen LogP contribution < -0.4 is 5.73 Å². The molecule has 0 radical (unpaired) electrons. The van der Waals surface area contributed by atoms with Crippen LogP contribution >= 0.6 is 11.6 Å². The van der Waals surface area contributed by atoms with Crippen LogP contribution in [0.15, 0.2) is 24.3 Å². The summed E-state index contributed by atoms with van der Waals surface area (Å²) < 4.78 is 5.17.